The maximum absolute atomic E-state index is 12.0. The highest BCUT2D eigenvalue weighted by Gasteiger charge is 2.20. The van der Waals surface area contributed by atoms with Gasteiger partial charge in [-0.2, -0.15) is 0 Å². The summed E-state index contributed by atoms with van der Waals surface area (Å²) in [6.07, 6.45) is 0. The van der Waals surface area contributed by atoms with Crippen molar-refractivity contribution >= 4 is 29.4 Å². The highest BCUT2D eigenvalue weighted by atomic mass is 35.5. The second-order valence-corrected chi connectivity index (χ2v) is 5.53. The van der Waals surface area contributed by atoms with Crippen molar-refractivity contribution < 1.29 is 28.6 Å². The molecule has 0 bridgehead atoms. The standard InChI is InChI=1S/C15H17ClN2O6/c1-18(2)13(20)7-17-12(19)8-24-15(21)9-5-10(16)14-11(6-9)22-3-4-23-14/h5-6H,3-4,7-8H2,1-2H3,(H,17,19). The number of amides is 2. The van der Waals surface area contributed by atoms with Crippen molar-refractivity contribution in [1.29, 1.82) is 0 Å². The first-order chi connectivity index (χ1) is 11.4. The fourth-order valence-corrected chi connectivity index (χ4v) is 2.09. The van der Waals surface area contributed by atoms with E-state index in [2.05, 4.69) is 5.32 Å². The molecule has 0 aromatic heterocycles. The number of rotatable bonds is 5. The number of ether oxygens (including phenoxy) is 3. The van der Waals surface area contributed by atoms with Crippen molar-refractivity contribution in [3.8, 4) is 11.5 Å². The minimum Gasteiger partial charge on any atom is -0.486 e. The minimum absolute atomic E-state index is 0.140. The zero-order chi connectivity index (χ0) is 17.7. The summed E-state index contributed by atoms with van der Waals surface area (Å²) in [6.45, 7) is 0.0529. The molecule has 0 radical (unpaired) electrons. The SMILES string of the molecule is CN(C)C(=O)CNC(=O)COC(=O)c1cc(Cl)c2c(c1)OCCO2. The number of hydrogen-bond donors (Lipinski definition) is 1. The first-order valence-electron chi connectivity index (χ1n) is 7.11. The van der Waals surface area contributed by atoms with E-state index in [9.17, 15) is 14.4 Å². The number of carbonyl (C=O) groups is 3. The summed E-state index contributed by atoms with van der Waals surface area (Å²) in [5.41, 5.74) is 0.140. The summed E-state index contributed by atoms with van der Waals surface area (Å²) in [5, 5.41) is 2.58. The number of fused-ring (bicyclic) bond motifs is 1. The Kier molecular flexibility index (Phi) is 5.86. The summed E-state index contributed by atoms with van der Waals surface area (Å²) in [4.78, 5) is 36.3. The highest BCUT2D eigenvalue weighted by molar-refractivity contribution is 6.32. The second-order valence-electron chi connectivity index (χ2n) is 5.12. The molecule has 1 aliphatic rings. The Morgan fingerprint density at radius 2 is 1.96 bits per heavy atom. The molecule has 2 rings (SSSR count). The number of likely N-dealkylation sites (N-methyl/N-ethyl adjacent to an activating group) is 1. The molecule has 2 amide bonds. The molecule has 1 aromatic rings. The fourth-order valence-electron chi connectivity index (χ4n) is 1.83. The molecule has 8 nitrogen and oxygen atoms in total. The van der Waals surface area contributed by atoms with Crippen LogP contribution in [0, 0.1) is 0 Å². The van der Waals surface area contributed by atoms with E-state index in [1.807, 2.05) is 0 Å². The predicted octanol–water partition coefficient (Wildman–Crippen LogP) is 0.472. The molecule has 1 aliphatic heterocycles. The van der Waals surface area contributed by atoms with E-state index < -0.39 is 18.5 Å². The van der Waals surface area contributed by atoms with E-state index in [1.165, 1.54) is 17.0 Å². The first-order valence-corrected chi connectivity index (χ1v) is 7.49. The van der Waals surface area contributed by atoms with Crippen LogP contribution < -0.4 is 14.8 Å². The van der Waals surface area contributed by atoms with Gasteiger partial charge in [-0.25, -0.2) is 4.79 Å². The minimum atomic E-state index is -0.733. The molecule has 0 fully saturated rings. The lowest BCUT2D eigenvalue weighted by Crippen LogP contribution is -2.38. The van der Waals surface area contributed by atoms with Gasteiger partial charge in [0.1, 0.15) is 13.2 Å². The molecular weight excluding hydrogens is 340 g/mol. The molecule has 1 N–H and O–H groups in total. The Balaban J connectivity index is 1.90. The number of nitrogens with one attached hydrogen (secondary N) is 1. The molecule has 0 aliphatic carbocycles. The van der Waals surface area contributed by atoms with Gasteiger partial charge in [-0.05, 0) is 12.1 Å². The van der Waals surface area contributed by atoms with Crippen LogP contribution in [0.1, 0.15) is 10.4 Å². The molecule has 0 saturated heterocycles. The highest BCUT2D eigenvalue weighted by Crippen LogP contribution is 2.38. The van der Waals surface area contributed by atoms with Gasteiger partial charge in [0.25, 0.3) is 5.91 Å². The average Bonchev–Trinajstić information content (AvgIpc) is 2.57. The monoisotopic (exact) mass is 356 g/mol. The van der Waals surface area contributed by atoms with Crippen LogP contribution in [0.15, 0.2) is 12.1 Å². The Morgan fingerprint density at radius 3 is 2.67 bits per heavy atom. The zero-order valence-corrected chi connectivity index (χ0v) is 14.0. The quantitative estimate of drug-likeness (QED) is 0.771. The van der Waals surface area contributed by atoms with E-state index >= 15 is 0 Å². The summed E-state index contributed by atoms with van der Waals surface area (Å²) in [5.74, 6) is -0.861. The number of benzene rings is 1. The molecule has 0 unspecified atom stereocenters. The third kappa shape index (κ3) is 4.51. The van der Waals surface area contributed by atoms with Gasteiger partial charge < -0.3 is 24.4 Å². The second kappa shape index (κ2) is 7.87. The van der Waals surface area contributed by atoms with E-state index in [4.69, 9.17) is 25.8 Å². The molecule has 1 heterocycles. The third-order valence-corrected chi connectivity index (χ3v) is 3.38. The van der Waals surface area contributed by atoms with Crippen molar-refractivity contribution in [3.63, 3.8) is 0 Å². The van der Waals surface area contributed by atoms with Gasteiger partial charge in [-0.1, -0.05) is 11.6 Å². The van der Waals surface area contributed by atoms with Crippen LogP contribution >= 0.6 is 11.6 Å². The fraction of sp³-hybridized carbons (Fsp3) is 0.400. The third-order valence-electron chi connectivity index (χ3n) is 3.10. The molecule has 1 aromatic carbocycles. The number of halogens is 1. The number of carbonyl (C=O) groups excluding carboxylic acids is 3. The van der Waals surface area contributed by atoms with E-state index in [-0.39, 0.29) is 23.0 Å². The number of esters is 1. The zero-order valence-electron chi connectivity index (χ0n) is 13.3. The van der Waals surface area contributed by atoms with Gasteiger partial charge in [-0.3, -0.25) is 9.59 Å². The van der Waals surface area contributed by atoms with Crippen molar-refractivity contribution in [2.45, 2.75) is 0 Å². The lowest BCUT2D eigenvalue weighted by Gasteiger charge is -2.19. The Morgan fingerprint density at radius 1 is 1.25 bits per heavy atom. The molecule has 9 heteroatoms. The van der Waals surface area contributed by atoms with Gasteiger partial charge in [0, 0.05) is 14.1 Å². The molecule has 130 valence electrons. The summed E-state index contributed by atoms with van der Waals surface area (Å²) < 4.78 is 15.6. The van der Waals surface area contributed by atoms with Gasteiger partial charge in [0.2, 0.25) is 5.91 Å². The van der Waals surface area contributed by atoms with Crippen LogP contribution in [0.5, 0.6) is 11.5 Å². The average molecular weight is 357 g/mol. The lowest BCUT2D eigenvalue weighted by molar-refractivity contribution is -0.131. The Labute approximate surface area is 143 Å². The van der Waals surface area contributed by atoms with Crippen LogP contribution in [0.4, 0.5) is 0 Å². The van der Waals surface area contributed by atoms with Crippen molar-refractivity contribution in [3.05, 3.63) is 22.7 Å². The van der Waals surface area contributed by atoms with Crippen LogP contribution in [0.3, 0.4) is 0 Å². The van der Waals surface area contributed by atoms with Gasteiger partial charge in [0.05, 0.1) is 17.1 Å². The number of hydrogen-bond acceptors (Lipinski definition) is 6. The van der Waals surface area contributed by atoms with Gasteiger partial charge in [0.15, 0.2) is 18.1 Å². The maximum Gasteiger partial charge on any atom is 0.338 e. The first kappa shape index (κ1) is 17.9. The Bertz CT molecular complexity index is 662. The molecule has 0 spiro atoms. The smallest absolute Gasteiger partial charge is 0.338 e. The van der Waals surface area contributed by atoms with Crippen LogP contribution in [-0.4, -0.2) is 63.1 Å². The summed E-state index contributed by atoms with van der Waals surface area (Å²) >= 11 is 6.03. The largest absolute Gasteiger partial charge is 0.486 e. The normalized spacial score (nSPS) is 12.3. The van der Waals surface area contributed by atoms with Crippen molar-refractivity contribution in [1.82, 2.24) is 10.2 Å². The van der Waals surface area contributed by atoms with E-state index in [1.54, 1.807) is 14.1 Å². The van der Waals surface area contributed by atoms with Crippen LogP contribution in [0.25, 0.3) is 0 Å². The predicted molar refractivity (Wildman–Crippen MR) is 84.4 cm³/mol. The van der Waals surface area contributed by atoms with Gasteiger partial charge in [-0.15, -0.1) is 0 Å². The molecule has 24 heavy (non-hydrogen) atoms. The topological polar surface area (TPSA) is 94.2 Å². The van der Waals surface area contributed by atoms with Crippen LogP contribution in [0.2, 0.25) is 5.02 Å². The summed E-state index contributed by atoms with van der Waals surface area (Å²) in [6, 6.07) is 2.82. The molecule has 0 atom stereocenters. The van der Waals surface area contributed by atoms with E-state index in [0.29, 0.717) is 24.7 Å². The maximum atomic E-state index is 12.0. The van der Waals surface area contributed by atoms with Crippen molar-refractivity contribution in [2.75, 3.05) is 40.5 Å². The van der Waals surface area contributed by atoms with Crippen molar-refractivity contribution in [2.24, 2.45) is 0 Å². The molecule has 0 saturated carbocycles. The summed E-state index contributed by atoms with van der Waals surface area (Å²) in [7, 11) is 3.14. The van der Waals surface area contributed by atoms with Crippen LogP contribution in [-0.2, 0) is 14.3 Å². The van der Waals surface area contributed by atoms with Gasteiger partial charge >= 0.3 is 5.97 Å². The molecular formula is C15H17ClN2O6. The Hall–Kier alpha value is -2.48. The van der Waals surface area contributed by atoms with E-state index in [0.717, 1.165) is 0 Å². The number of nitrogens with zero attached hydrogens (tertiary/aromatic N) is 1. The lowest BCUT2D eigenvalue weighted by atomic mass is 10.2.